The molecule has 1 aliphatic rings. The highest BCUT2D eigenvalue weighted by Gasteiger charge is 2.19. The second kappa shape index (κ2) is 6.14. The molecule has 0 saturated heterocycles. The maximum Gasteiger partial charge on any atom is 0.183 e. The maximum atomic E-state index is 11.1. The molecule has 0 aromatic rings. The Morgan fingerprint density at radius 2 is 1.86 bits per heavy atom. The van der Waals surface area contributed by atoms with Gasteiger partial charge in [-0.25, -0.2) is 0 Å². The number of methoxy groups -OCH3 is 1. The molecule has 0 aromatic heterocycles. The summed E-state index contributed by atoms with van der Waals surface area (Å²) in [5.74, 6) is 0.857. The van der Waals surface area contributed by atoms with Gasteiger partial charge in [-0.05, 0) is 31.6 Å². The summed E-state index contributed by atoms with van der Waals surface area (Å²) in [5, 5.41) is 0. The molecule has 1 fully saturated rings. The molecule has 0 spiro atoms. The van der Waals surface area contributed by atoms with Crippen LogP contribution in [0.25, 0.3) is 0 Å². The molecule has 3 nitrogen and oxygen atoms in total. The zero-order valence-corrected chi connectivity index (χ0v) is 9.12. The molecule has 0 amide bonds. The summed E-state index contributed by atoms with van der Waals surface area (Å²) in [6, 6.07) is 0. The zero-order valence-electron chi connectivity index (χ0n) is 9.12. The predicted molar refractivity (Wildman–Crippen MR) is 54.3 cm³/mol. The van der Waals surface area contributed by atoms with Crippen molar-refractivity contribution in [3.63, 3.8) is 0 Å². The monoisotopic (exact) mass is 200 g/mol. The van der Waals surface area contributed by atoms with Crippen molar-refractivity contribution in [2.24, 2.45) is 5.92 Å². The van der Waals surface area contributed by atoms with E-state index in [1.54, 1.807) is 0 Å². The van der Waals surface area contributed by atoms with Crippen LogP contribution < -0.4 is 0 Å². The van der Waals surface area contributed by atoms with Crippen molar-refractivity contribution in [3.8, 4) is 0 Å². The first kappa shape index (κ1) is 11.7. The lowest BCUT2D eigenvalue weighted by atomic mass is 9.89. The molecule has 0 atom stereocenters. The molecule has 0 N–H and O–H groups in total. The van der Waals surface area contributed by atoms with Gasteiger partial charge in [0.05, 0.1) is 6.10 Å². The first-order valence-electron chi connectivity index (χ1n) is 5.34. The number of Topliss-reactive ketones (excluding diaryl/α,β-unsaturated/α-hetero) is 1. The smallest absolute Gasteiger partial charge is 0.183 e. The van der Waals surface area contributed by atoms with Crippen LogP contribution in [-0.2, 0) is 14.3 Å². The van der Waals surface area contributed by atoms with Gasteiger partial charge in [0, 0.05) is 7.11 Å². The Labute approximate surface area is 85.8 Å². The number of carbonyl (C=O) groups excluding carboxylic acids is 1. The van der Waals surface area contributed by atoms with E-state index in [9.17, 15) is 4.79 Å². The van der Waals surface area contributed by atoms with Crippen molar-refractivity contribution in [2.45, 2.75) is 38.7 Å². The van der Waals surface area contributed by atoms with Gasteiger partial charge in [-0.15, -0.1) is 0 Å². The van der Waals surface area contributed by atoms with Gasteiger partial charge in [-0.1, -0.05) is 6.92 Å². The Morgan fingerprint density at radius 3 is 2.43 bits per heavy atom. The van der Waals surface area contributed by atoms with E-state index in [0.717, 1.165) is 18.8 Å². The minimum absolute atomic E-state index is 0.0334. The van der Waals surface area contributed by atoms with E-state index in [1.807, 2.05) is 0 Å². The Bertz CT molecular complexity index is 171. The van der Waals surface area contributed by atoms with Gasteiger partial charge in [-0.2, -0.15) is 0 Å². The molecule has 0 bridgehead atoms. The molecule has 3 heteroatoms. The number of rotatable bonds is 5. The Balaban J connectivity index is 2.09. The highest BCUT2D eigenvalue weighted by atomic mass is 16.5. The van der Waals surface area contributed by atoms with E-state index >= 15 is 0 Å². The van der Waals surface area contributed by atoms with E-state index in [-0.39, 0.29) is 19.0 Å². The third kappa shape index (κ3) is 4.20. The highest BCUT2D eigenvalue weighted by molar-refractivity contribution is 5.80. The largest absolute Gasteiger partial charge is 0.377 e. The SMILES string of the molecule is COCC(=O)COC1CCC(C)CC1. The van der Waals surface area contributed by atoms with Crippen LogP contribution in [0.1, 0.15) is 32.6 Å². The van der Waals surface area contributed by atoms with Crippen LogP contribution in [-0.4, -0.2) is 32.2 Å². The Kier molecular flexibility index (Phi) is 5.12. The van der Waals surface area contributed by atoms with E-state index in [2.05, 4.69) is 6.92 Å². The standard InChI is InChI=1S/C11H20O3/c1-9-3-5-11(6-4-9)14-8-10(12)7-13-2/h9,11H,3-8H2,1-2H3. The number of hydrogen-bond donors (Lipinski definition) is 0. The van der Waals surface area contributed by atoms with Crippen LogP contribution in [0, 0.1) is 5.92 Å². The fraction of sp³-hybridized carbons (Fsp3) is 0.909. The average Bonchev–Trinajstić information content (AvgIpc) is 2.17. The van der Waals surface area contributed by atoms with E-state index < -0.39 is 0 Å². The fourth-order valence-electron chi connectivity index (χ4n) is 1.81. The van der Waals surface area contributed by atoms with Crippen LogP contribution in [0.2, 0.25) is 0 Å². The van der Waals surface area contributed by atoms with Crippen LogP contribution in [0.5, 0.6) is 0 Å². The lowest BCUT2D eigenvalue weighted by Gasteiger charge is -2.25. The minimum atomic E-state index is 0.0334. The van der Waals surface area contributed by atoms with Crippen LogP contribution in [0.4, 0.5) is 0 Å². The summed E-state index contributed by atoms with van der Waals surface area (Å²) in [7, 11) is 1.53. The summed E-state index contributed by atoms with van der Waals surface area (Å²) in [5.41, 5.74) is 0. The second-order valence-corrected chi connectivity index (χ2v) is 4.16. The van der Waals surface area contributed by atoms with Gasteiger partial charge in [0.1, 0.15) is 13.2 Å². The number of ether oxygens (including phenoxy) is 2. The summed E-state index contributed by atoms with van der Waals surface area (Å²) in [6.45, 7) is 2.66. The quantitative estimate of drug-likeness (QED) is 0.678. The van der Waals surface area contributed by atoms with E-state index in [1.165, 1.54) is 20.0 Å². The van der Waals surface area contributed by atoms with Gasteiger partial charge in [0.15, 0.2) is 5.78 Å². The van der Waals surface area contributed by atoms with Crippen molar-refractivity contribution in [1.82, 2.24) is 0 Å². The third-order valence-electron chi connectivity index (χ3n) is 2.75. The Hall–Kier alpha value is -0.410. The summed E-state index contributed by atoms with van der Waals surface area (Å²) in [6.07, 6.45) is 4.95. The zero-order chi connectivity index (χ0) is 10.4. The predicted octanol–water partition coefficient (Wildman–Crippen LogP) is 1.80. The van der Waals surface area contributed by atoms with E-state index in [4.69, 9.17) is 9.47 Å². The first-order valence-corrected chi connectivity index (χ1v) is 5.34. The van der Waals surface area contributed by atoms with E-state index in [0.29, 0.717) is 6.10 Å². The van der Waals surface area contributed by atoms with Crippen molar-refractivity contribution in [2.75, 3.05) is 20.3 Å². The maximum absolute atomic E-state index is 11.1. The fourth-order valence-corrected chi connectivity index (χ4v) is 1.81. The molecule has 1 aliphatic carbocycles. The van der Waals surface area contributed by atoms with Crippen molar-refractivity contribution in [3.05, 3.63) is 0 Å². The highest BCUT2D eigenvalue weighted by Crippen LogP contribution is 2.25. The molecule has 14 heavy (non-hydrogen) atoms. The van der Waals surface area contributed by atoms with Crippen LogP contribution in [0.15, 0.2) is 0 Å². The van der Waals surface area contributed by atoms with Crippen molar-refractivity contribution in [1.29, 1.82) is 0 Å². The molecule has 1 rings (SSSR count). The minimum Gasteiger partial charge on any atom is -0.377 e. The van der Waals surface area contributed by atoms with Crippen LogP contribution >= 0.6 is 0 Å². The third-order valence-corrected chi connectivity index (χ3v) is 2.75. The van der Waals surface area contributed by atoms with Gasteiger partial charge >= 0.3 is 0 Å². The number of carbonyl (C=O) groups is 1. The molecule has 0 unspecified atom stereocenters. The molecular weight excluding hydrogens is 180 g/mol. The molecular formula is C11H20O3. The van der Waals surface area contributed by atoms with Crippen molar-refractivity contribution < 1.29 is 14.3 Å². The van der Waals surface area contributed by atoms with Gasteiger partial charge < -0.3 is 9.47 Å². The topological polar surface area (TPSA) is 35.5 Å². The molecule has 1 saturated carbocycles. The summed E-state index contributed by atoms with van der Waals surface area (Å²) < 4.78 is 10.2. The lowest BCUT2D eigenvalue weighted by molar-refractivity contribution is -0.130. The summed E-state index contributed by atoms with van der Waals surface area (Å²) in [4.78, 5) is 11.1. The summed E-state index contributed by atoms with van der Waals surface area (Å²) >= 11 is 0. The lowest BCUT2D eigenvalue weighted by Crippen LogP contribution is -2.24. The molecule has 0 heterocycles. The normalized spacial score (nSPS) is 27.6. The van der Waals surface area contributed by atoms with Gasteiger partial charge in [0.25, 0.3) is 0 Å². The van der Waals surface area contributed by atoms with Crippen molar-refractivity contribution >= 4 is 5.78 Å². The van der Waals surface area contributed by atoms with Gasteiger partial charge in [0.2, 0.25) is 0 Å². The average molecular weight is 200 g/mol. The number of ketones is 1. The van der Waals surface area contributed by atoms with Crippen LogP contribution in [0.3, 0.4) is 0 Å². The molecule has 0 aromatic carbocycles. The Morgan fingerprint density at radius 1 is 1.21 bits per heavy atom. The molecule has 0 radical (unpaired) electrons. The molecule has 0 aliphatic heterocycles. The first-order chi connectivity index (χ1) is 6.72. The molecule has 82 valence electrons. The second-order valence-electron chi connectivity index (χ2n) is 4.16. The number of hydrogen-bond acceptors (Lipinski definition) is 3. The van der Waals surface area contributed by atoms with Gasteiger partial charge in [-0.3, -0.25) is 4.79 Å².